The van der Waals surface area contributed by atoms with Crippen LogP contribution in [0.25, 0.3) is 0 Å². The lowest BCUT2D eigenvalue weighted by atomic mass is 10.1. The van der Waals surface area contributed by atoms with E-state index in [-0.39, 0.29) is 23.3 Å². The van der Waals surface area contributed by atoms with Gasteiger partial charge in [0, 0.05) is 16.3 Å². The summed E-state index contributed by atoms with van der Waals surface area (Å²) >= 11 is 3.31. The summed E-state index contributed by atoms with van der Waals surface area (Å²) in [6, 6.07) is 8.07. The van der Waals surface area contributed by atoms with E-state index < -0.39 is 9.84 Å². The fourth-order valence-corrected chi connectivity index (χ4v) is 5.96. The molecular weight excluding hydrogens is 350 g/mol. The lowest BCUT2D eigenvalue weighted by Crippen LogP contribution is -2.37. The maximum atomic E-state index is 12.8. The monoisotopic (exact) mass is 369 g/mol. The van der Waals surface area contributed by atoms with Gasteiger partial charge in [0.05, 0.1) is 24.0 Å². The smallest absolute Gasteiger partial charge is 0.227 e. The second-order valence-electron chi connectivity index (χ2n) is 5.77. The standard InChI is InChI=1S/C16H19NO3S3/c18-16(13-6-10-23(19,20)12-13)17(11-15-4-2-9-22-15)7-5-14-3-1-8-21-14/h1-4,8-9,13H,5-7,10-12H2/t13-/m0/s1. The molecule has 0 radical (unpaired) electrons. The van der Waals surface area contributed by atoms with Gasteiger partial charge in [-0.2, -0.15) is 0 Å². The molecule has 2 aromatic rings. The molecule has 1 atom stereocenters. The molecule has 0 unspecified atom stereocenters. The van der Waals surface area contributed by atoms with Crippen LogP contribution in [0.4, 0.5) is 0 Å². The van der Waals surface area contributed by atoms with E-state index in [0.717, 1.165) is 11.3 Å². The minimum atomic E-state index is -3.04. The van der Waals surface area contributed by atoms with Crippen molar-refractivity contribution in [1.82, 2.24) is 4.90 Å². The maximum Gasteiger partial charge on any atom is 0.227 e. The Labute approximate surface area is 144 Å². The number of sulfone groups is 1. The molecule has 0 aromatic carbocycles. The third-order valence-corrected chi connectivity index (χ3v) is 7.59. The number of nitrogens with zero attached hydrogens (tertiary/aromatic N) is 1. The quantitative estimate of drug-likeness (QED) is 0.787. The second-order valence-corrected chi connectivity index (χ2v) is 10.1. The fourth-order valence-electron chi connectivity index (χ4n) is 2.81. The lowest BCUT2D eigenvalue weighted by molar-refractivity contribution is -0.135. The molecule has 7 heteroatoms. The zero-order chi connectivity index (χ0) is 16.3. The van der Waals surface area contributed by atoms with Crippen molar-refractivity contribution in [2.75, 3.05) is 18.1 Å². The molecule has 124 valence electrons. The van der Waals surface area contributed by atoms with Crippen molar-refractivity contribution in [2.24, 2.45) is 5.92 Å². The summed E-state index contributed by atoms with van der Waals surface area (Å²) in [5.41, 5.74) is 0. The van der Waals surface area contributed by atoms with E-state index in [4.69, 9.17) is 0 Å². The molecule has 0 bridgehead atoms. The summed E-state index contributed by atoms with van der Waals surface area (Å²) in [5.74, 6) is -0.244. The minimum absolute atomic E-state index is 0.00573. The largest absolute Gasteiger partial charge is 0.337 e. The number of hydrogen-bond acceptors (Lipinski definition) is 5. The lowest BCUT2D eigenvalue weighted by Gasteiger charge is -2.24. The van der Waals surface area contributed by atoms with Gasteiger partial charge in [0.15, 0.2) is 9.84 Å². The van der Waals surface area contributed by atoms with Crippen molar-refractivity contribution >= 4 is 38.4 Å². The highest BCUT2D eigenvalue weighted by Crippen LogP contribution is 2.23. The molecule has 0 saturated carbocycles. The summed E-state index contributed by atoms with van der Waals surface area (Å²) < 4.78 is 23.3. The van der Waals surface area contributed by atoms with Crippen LogP contribution in [0.15, 0.2) is 35.0 Å². The molecule has 1 aliphatic heterocycles. The molecule has 3 heterocycles. The molecular formula is C16H19NO3S3. The van der Waals surface area contributed by atoms with Gasteiger partial charge in [0.1, 0.15) is 0 Å². The van der Waals surface area contributed by atoms with Gasteiger partial charge < -0.3 is 4.90 Å². The fraction of sp³-hybridized carbons (Fsp3) is 0.438. The Hall–Kier alpha value is -1.18. The highest BCUT2D eigenvalue weighted by molar-refractivity contribution is 7.91. The van der Waals surface area contributed by atoms with Crippen LogP contribution in [0.1, 0.15) is 16.2 Å². The van der Waals surface area contributed by atoms with Crippen LogP contribution in [0.3, 0.4) is 0 Å². The molecule has 1 fully saturated rings. The van der Waals surface area contributed by atoms with Crippen molar-refractivity contribution < 1.29 is 13.2 Å². The Morgan fingerprint density at radius 1 is 1.17 bits per heavy atom. The highest BCUT2D eigenvalue weighted by atomic mass is 32.2. The van der Waals surface area contributed by atoms with Crippen LogP contribution in [0.2, 0.25) is 0 Å². The molecule has 4 nitrogen and oxygen atoms in total. The highest BCUT2D eigenvalue weighted by Gasteiger charge is 2.35. The van der Waals surface area contributed by atoms with Crippen LogP contribution >= 0.6 is 22.7 Å². The van der Waals surface area contributed by atoms with Gasteiger partial charge in [-0.05, 0) is 35.7 Å². The molecule has 0 N–H and O–H groups in total. The summed E-state index contributed by atoms with van der Waals surface area (Å²) in [4.78, 5) is 17.0. The maximum absolute atomic E-state index is 12.8. The Morgan fingerprint density at radius 2 is 1.87 bits per heavy atom. The van der Waals surface area contributed by atoms with Crippen LogP contribution in [-0.2, 0) is 27.6 Å². The Morgan fingerprint density at radius 3 is 2.43 bits per heavy atom. The Kier molecular flexibility index (Phi) is 5.18. The van der Waals surface area contributed by atoms with Crippen molar-refractivity contribution in [3.05, 3.63) is 44.8 Å². The summed E-state index contributed by atoms with van der Waals surface area (Å²) in [6.07, 6.45) is 1.27. The van der Waals surface area contributed by atoms with E-state index in [2.05, 4.69) is 6.07 Å². The van der Waals surface area contributed by atoms with Crippen molar-refractivity contribution in [3.8, 4) is 0 Å². The molecule has 1 amide bonds. The SMILES string of the molecule is O=C([C@H]1CCS(=O)(=O)C1)N(CCc1cccs1)Cc1cccs1. The van der Waals surface area contributed by atoms with Crippen molar-refractivity contribution in [2.45, 2.75) is 19.4 Å². The Bertz CT molecular complexity index is 736. The molecule has 1 aliphatic rings. The van der Waals surface area contributed by atoms with E-state index in [0.29, 0.717) is 19.5 Å². The third kappa shape index (κ3) is 4.43. The predicted molar refractivity (Wildman–Crippen MR) is 94.5 cm³/mol. The topological polar surface area (TPSA) is 54.5 Å². The van der Waals surface area contributed by atoms with Gasteiger partial charge in [0.25, 0.3) is 0 Å². The predicted octanol–water partition coefficient (Wildman–Crippen LogP) is 2.82. The van der Waals surface area contributed by atoms with Gasteiger partial charge in [-0.15, -0.1) is 22.7 Å². The molecule has 0 aliphatic carbocycles. The summed E-state index contributed by atoms with van der Waals surface area (Å²) in [7, 11) is -3.04. The summed E-state index contributed by atoms with van der Waals surface area (Å²) in [5, 5.41) is 4.03. The van der Waals surface area contributed by atoms with E-state index in [9.17, 15) is 13.2 Å². The minimum Gasteiger partial charge on any atom is -0.337 e. The number of carbonyl (C=O) groups is 1. The number of hydrogen-bond donors (Lipinski definition) is 0. The zero-order valence-corrected chi connectivity index (χ0v) is 15.1. The van der Waals surface area contributed by atoms with E-state index in [1.165, 1.54) is 4.88 Å². The van der Waals surface area contributed by atoms with Gasteiger partial charge in [-0.25, -0.2) is 8.42 Å². The average Bonchev–Trinajstić information content (AvgIpc) is 3.24. The number of rotatable bonds is 6. The average molecular weight is 370 g/mol. The number of carbonyl (C=O) groups excluding carboxylic acids is 1. The van der Waals surface area contributed by atoms with Gasteiger partial charge in [0.2, 0.25) is 5.91 Å². The first-order valence-corrected chi connectivity index (χ1v) is 11.2. The molecule has 3 rings (SSSR count). The van der Waals surface area contributed by atoms with E-state index in [1.807, 2.05) is 33.9 Å². The first kappa shape index (κ1) is 16.7. The number of amides is 1. The van der Waals surface area contributed by atoms with Crippen molar-refractivity contribution in [1.29, 1.82) is 0 Å². The first-order valence-electron chi connectivity index (χ1n) is 7.57. The third-order valence-electron chi connectivity index (χ3n) is 4.03. The second kappa shape index (κ2) is 7.15. The van der Waals surface area contributed by atoms with E-state index >= 15 is 0 Å². The molecule has 0 spiro atoms. The van der Waals surface area contributed by atoms with Crippen LogP contribution in [0.5, 0.6) is 0 Å². The van der Waals surface area contributed by atoms with Crippen LogP contribution in [0, 0.1) is 5.92 Å². The molecule has 23 heavy (non-hydrogen) atoms. The van der Waals surface area contributed by atoms with Crippen molar-refractivity contribution in [3.63, 3.8) is 0 Å². The van der Waals surface area contributed by atoms with E-state index in [1.54, 1.807) is 22.7 Å². The molecule has 1 saturated heterocycles. The number of thiophene rings is 2. The van der Waals surface area contributed by atoms with Crippen LogP contribution < -0.4 is 0 Å². The van der Waals surface area contributed by atoms with Gasteiger partial charge in [-0.1, -0.05) is 12.1 Å². The van der Waals surface area contributed by atoms with Gasteiger partial charge in [-0.3, -0.25) is 4.79 Å². The van der Waals surface area contributed by atoms with Crippen LogP contribution in [-0.4, -0.2) is 37.3 Å². The first-order chi connectivity index (χ1) is 11.0. The normalized spacial score (nSPS) is 19.7. The summed E-state index contributed by atoms with van der Waals surface area (Å²) in [6.45, 7) is 1.20. The Balaban J connectivity index is 1.69. The van der Waals surface area contributed by atoms with Gasteiger partial charge >= 0.3 is 0 Å². The molecule has 2 aromatic heterocycles. The zero-order valence-electron chi connectivity index (χ0n) is 12.7.